The summed E-state index contributed by atoms with van der Waals surface area (Å²) in [6.07, 6.45) is 4.36. The van der Waals surface area contributed by atoms with Gasteiger partial charge in [0.2, 0.25) is 11.8 Å². The van der Waals surface area contributed by atoms with Crippen LogP contribution < -0.4 is 0 Å². The number of carbonyl (C=O) groups is 1. The summed E-state index contributed by atoms with van der Waals surface area (Å²) in [5, 5.41) is 12.4. The van der Waals surface area contributed by atoms with Gasteiger partial charge in [0.05, 0.1) is 25.0 Å². The third-order valence-corrected chi connectivity index (χ3v) is 3.96. The van der Waals surface area contributed by atoms with E-state index in [-0.39, 0.29) is 17.9 Å². The van der Waals surface area contributed by atoms with Crippen molar-refractivity contribution in [3.63, 3.8) is 0 Å². The molecule has 1 atom stereocenters. The van der Waals surface area contributed by atoms with E-state index >= 15 is 0 Å². The molecule has 0 radical (unpaired) electrons. The SMILES string of the molecule is CCCn1cc(C(=O)N2CCOC[C@H]2c2nnc(C(C)C)o2)cn1. The summed E-state index contributed by atoms with van der Waals surface area (Å²) in [7, 11) is 0. The second-order valence-corrected chi connectivity index (χ2v) is 6.21. The molecule has 3 rings (SSSR count). The topological polar surface area (TPSA) is 86.3 Å². The van der Waals surface area contributed by atoms with Crippen LogP contribution in [-0.2, 0) is 11.3 Å². The van der Waals surface area contributed by atoms with E-state index in [0.717, 1.165) is 13.0 Å². The summed E-state index contributed by atoms with van der Waals surface area (Å²) in [6, 6.07) is -0.360. The molecule has 0 bridgehead atoms. The van der Waals surface area contributed by atoms with Gasteiger partial charge in [0.15, 0.2) is 0 Å². The molecule has 8 heteroatoms. The average molecular weight is 333 g/mol. The van der Waals surface area contributed by atoms with Crippen molar-refractivity contribution in [2.45, 2.75) is 45.7 Å². The lowest BCUT2D eigenvalue weighted by Crippen LogP contribution is -2.43. The third kappa shape index (κ3) is 3.33. The van der Waals surface area contributed by atoms with Crippen LogP contribution in [0, 0.1) is 0 Å². The molecular weight excluding hydrogens is 310 g/mol. The van der Waals surface area contributed by atoms with Gasteiger partial charge < -0.3 is 14.1 Å². The second-order valence-electron chi connectivity index (χ2n) is 6.21. The molecule has 0 unspecified atom stereocenters. The van der Waals surface area contributed by atoms with Crippen LogP contribution >= 0.6 is 0 Å². The summed E-state index contributed by atoms with van der Waals surface area (Å²) >= 11 is 0. The summed E-state index contributed by atoms with van der Waals surface area (Å²) in [5.41, 5.74) is 0.568. The van der Waals surface area contributed by atoms with Crippen LogP contribution in [0.3, 0.4) is 0 Å². The quantitative estimate of drug-likeness (QED) is 0.832. The first-order chi connectivity index (χ1) is 11.6. The van der Waals surface area contributed by atoms with Crippen molar-refractivity contribution in [2.75, 3.05) is 19.8 Å². The van der Waals surface area contributed by atoms with E-state index < -0.39 is 0 Å². The highest BCUT2D eigenvalue weighted by Crippen LogP contribution is 2.26. The predicted octanol–water partition coefficient (Wildman–Crippen LogP) is 2.01. The molecule has 1 aliphatic rings. The van der Waals surface area contributed by atoms with Crippen LogP contribution in [0.5, 0.6) is 0 Å². The average Bonchev–Trinajstić information content (AvgIpc) is 3.24. The number of aryl methyl sites for hydroxylation is 1. The minimum atomic E-state index is -0.360. The molecule has 0 spiro atoms. The van der Waals surface area contributed by atoms with Crippen molar-refractivity contribution in [3.8, 4) is 0 Å². The Bertz CT molecular complexity index is 693. The van der Waals surface area contributed by atoms with E-state index in [2.05, 4.69) is 22.2 Å². The molecule has 1 saturated heterocycles. The number of hydrogen-bond acceptors (Lipinski definition) is 6. The fourth-order valence-electron chi connectivity index (χ4n) is 2.66. The summed E-state index contributed by atoms with van der Waals surface area (Å²) in [6.45, 7) is 8.18. The number of morpholine rings is 1. The first-order valence-electron chi connectivity index (χ1n) is 8.34. The fraction of sp³-hybridized carbons (Fsp3) is 0.625. The summed E-state index contributed by atoms with van der Waals surface area (Å²) in [4.78, 5) is 14.6. The zero-order chi connectivity index (χ0) is 17.1. The highest BCUT2D eigenvalue weighted by molar-refractivity contribution is 5.94. The fourth-order valence-corrected chi connectivity index (χ4v) is 2.66. The van der Waals surface area contributed by atoms with E-state index in [1.54, 1.807) is 22.0 Å². The number of rotatable bonds is 5. The Hall–Kier alpha value is -2.22. The molecule has 2 aromatic rings. The van der Waals surface area contributed by atoms with Crippen molar-refractivity contribution in [1.82, 2.24) is 24.9 Å². The van der Waals surface area contributed by atoms with Crippen molar-refractivity contribution < 1.29 is 13.9 Å². The van der Waals surface area contributed by atoms with Crippen LogP contribution in [0.2, 0.25) is 0 Å². The van der Waals surface area contributed by atoms with E-state index in [9.17, 15) is 4.79 Å². The van der Waals surface area contributed by atoms with Crippen LogP contribution in [-0.4, -0.2) is 50.5 Å². The minimum Gasteiger partial charge on any atom is -0.423 e. The highest BCUT2D eigenvalue weighted by Gasteiger charge is 2.34. The van der Waals surface area contributed by atoms with E-state index in [0.29, 0.717) is 37.1 Å². The van der Waals surface area contributed by atoms with E-state index in [1.807, 2.05) is 13.8 Å². The minimum absolute atomic E-state index is 0.0880. The molecule has 0 N–H and O–H groups in total. The molecule has 130 valence electrons. The maximum atomic E-state index is 12.9. The maximum absolute atomic E-state index is 12.9. The Morgan fingerprint density at radius 2 is 2.25 bits per heavy atom. The molecule has 1 fully saturated rings. The number of aromatic nitrogens is 4. The van der Waals surface area contributed by atoms with Gasteiger partial charge in [-0.05, 0) is 6.42 Å². The number of nitrogens with zero attached hydrogens (tertiary/aromatic N) is 5. The molecule has 0 aliphatic carbocycles. The van der Waals surface area contributed by atoms with Gasteiger partial charge >= 0.3 is 0 Å². The Morgan fingerprint density at radius 3 is 2.96 bits per heavy atom. The lowest BCUT2D eigenvalue weighted by atomic mass is 10.2. The molecular formula is C16H23N5O3. The molecule has 1 aliphatic heterocycles. The number of hydrogen-bond donors (Lipinski definition) is 0. The largest absolute Gasteiger partial charge is 0.423 e. The van der Waals surface area contributed by atoms with Gasteiger partial charge in [-0.15, -0.1) is 10.2 Å². The van der Waals surface area contributed by atoms with Crippen molar-refractivity contribution in [1.29, 1.82) is 0 Å². The van der Waals surface area contributed by atoms with Gasteiger partial charge in [0, 0.05) is 25.2 Å². The van der Waals surface area contributed by atoms with Gasteiger partial charge in [-0.1, -0.05) is 20.8 Å². The molecule has 8 nitrogen and oxygen atoms in total. The first-order valence-corrected chi connectivity index (χ1v) is 8.34. The first kappa shape index (κ1) is 16.6. The smallest absolute Gasteiger partial charge is 0.257 e. The van der Waals surface area contributed by atoms with Crippen molar-refractivity contribution in [3.05, 3.63) is 29.7 Å². The standard InChI is InChI=1S/C16H23N5O3/c1-4-5-20-9-12(8-17-20)16(22)21-6-7-23-10-13(21)15-19-18-14(24-15)11(2)3/h8-9,11,13H,4-7,10H2,1-3H3/t13-/m0/s1. The Labute approximate surface area is 140 Å². The number of ether oxygens (including phenoxy) is 1. The molecule has 24 heavy (non-hydrogen) atoms. The van der Waals surface area contributed by atoms with E-state index in [4.69, 9.17) is 9.15 Å². The van der Waals surface area contributed by atoms with Gasteiger partial charge in [-0.3, -0.25) is 9.48 Å². The number of carbonyl (C=O) groups excluding carboxylic acids is 1. The summed E-state index contributed by atoms with van der Waals surface area (Å²) in [5.74, 6) is 1.05. The van der Waals surface area contributed by atoms with E-state index in [1.165, 1.54) is 0 Å². The van der Waals surface area contributed by atoms with Crippen LogP contribution in [0.25, 0.3) is 0 Å². The van der Waals surface area contributed by atoms with Crippen LogP contribution in [0.15, 0.2) is 16.8 Å². The van der Waals surface area contributed by atoms with Crippen molar-refractivity contribution in [2.24, 2.45) is 0 Å². The Balaban J connectivity index is 1.81. The number of amides is 1. The predicted molar refractivity (Wildman–Crippen MR) is 85.5 cm³/mol. The van der Waals surface area contributed by atoms with Crippen molar-refractivity contribution >= 4 is 5.91 Å². The molecule has 1 amide bonds. The Morgan fingerprint density at radius 1 is 1.42 bits per heavy atom. The molecule has 2 aromatic heterocycles. The van der Waals surface area contributed by atoms with Gasteiger partial charge in [0.25, 0.3) is 5.91 Å². The Kier molecular flexibility index (Phi) is 4.94. The monoisotopic (exact) mass is 333 g/mol. The normalized spacial score (nSPS) is 18.3. The highest BCUT2D eigenvalue weighted by atomic mass is 16.5. The molecule has 0 aromatic carbocycles. The molecule has 3 heterocycles. The van der Waals surface area contributed by atoms with Crippen LogP contribution in [0.1, 0.15) is 61.3 Å². The van der Waals surface area contributed by atoms with Crippen LogP contribution in [0.4, 0.5) is 0 Å². The zero-order valence-corrected chi connectivity index (χ0v) is 14.3. The van der Waals surface area contributed by atoms with Gasteiger partial charge in [0.1, 0.15) is 6.04 Å². The zero-order valence-electron chi connectivity index (χ0n) is 14.3. The van der Waals surface area contributed by atoms with Gasteiger partial charge in [-0.2, -0.15) is 5.10 Å². The summed E-state index contributed by atoms with van der Waals surface area (Å²) < 4.78 is 13.0. The van der Waals surface area contributed by atoms with Gasteiger partial charge in [-0.25, -0.2) is 0 Å². The third-order valence-electron chi connectivity index (χ3n) is 3.96. The second kappa shape index (κ2) is 7.12. The lowest BCUT2D eigenvalue weighted by molar-refractivity contribution is -0.0107. The lowest BCUT2D eigenvalue weighted by Gasteiger charge is -2.33. The maximum Gasteiger partial charge on any atom is 0.257 e. The molecule has 0 saturated carbocycles.